The van der Waals surface area contributed by atoms with Crippen LogP contribution in [0.4, 0.5) is 10.5 Å². The van der Waals surface area contributed by atoms with Gasteiger partial charge in [0, 0.05) is 18.2 Å². The zero-order chi connectivity index (χ0) is 14.7. The topological polar surface area (TPSA) is 103 Å². The smallest absolute Gasteiger partial charge is 0.319 e. The summed E-state index contributed by atoms with van der Waals surface area (Å²) >= 11 is 0. The summed E-state index contributed by atoms with van der Waals surface area (Å²) in [6.07, 6.45) is 5.13. The normalized spacial score (nSPS) is 15.5. The van der Waals surface area contributed by atoms with Gasteiger partial charge in [0.2, 0.25) is 0 Å². The first-order valence-electron chi connectivity index (χ1n) is 6.83. The number of urea groups is 1. The van der Waals surface area contributed by atoms with E-state index in [-0.39, 0.29) is 18.1 Å². The molecule has 110 valence electrons. The van der Waals surface area contributed by atoms with Crippen LogP contribution in [0.25, 0.3) is 11.4 Å². The lowest BCUT2D eigenvalue weighted by Crippen LogP contribution is -2.35. The third kappa shape index (κ3) is 3.03. The summed E-state index contributed by atoms with van der Waals surface area (Å²) in [5, 5.41) is 21.5. The number of aliphatic hydroxyl groups excluding tert-OH is 1. The Morgan fingerprint density at radius 2 is 2.29 bits per heavy atom. The summed E-state index contributed by atoms with van der Waals surface area (Å²) in [7, 11) is 0. The lowest BCUT2D eigenvalue weighted by molar-refractivity contribution is 0.206. The molecule has 0 radical (unpaired) electrons. The van der Waals surface area contributed by atoms with Gasteiger partial charge in [-0.25, -0.2) is 4.79 Å². The minimum Gasteiger partial charge on any atom is -0.396 e. The van der Waals surface area contributed by atoms with Crippen molar-refractivity contribution >= 4 is 11.7 Å². The Kier molecular flexibility index (Phi) is 3.57. The Balaban J connectivity index is 1.63. The molecule has 2 heterocycles. The number of aromatic nitrogens is 3. The fourth-order valence-electron chi connectivity index (χ4n) is 2.09. The van der Waals surface area contributed by atoms with Gasteiger partial charge in [0.1, 0.15) is 5.69 Å². The highest BCUT2D eigenvalue weighted by atomic mass is 16.3. The number of pyridine rings is 1. The number of nitrogens with one attached hydrogen (secondary N) is 3. The van der Waals surface area contributed by atoms with Gasteiger partial charge in [-0.1, -0.05) is 6.07 Å². The molecule has 7 heteroatoms. The van der Waals surface area contributed by atoms with E-state index in [9.17, 15) is 9.90 Å². The van der Waals surface area contributed by atoms with E-state index in [2.05, 4.69) is 25.8 Å². The zero-order valence-corrected chi connectivity index (χ0v) is 11.5. The van der Waals surface area contributed by atoms with Gasteiger partial charge in [0.05, 0.1) is 24.2 Å². The van der Waals surface area contributed by atoms with E-state index < -0.39 is 0 Å². The molecule has 0 aliphatic heterocycles. The number of nitrogens with zero attached hydrogens (tertiary/aromatic N) is 2. The van der Waals surface area contributed by atoms with E-state index in [1.165, 1.54) is 0 Å². The van der Waals surface area contributed by atoms with Crippen LogP contribution in [0.1, 0.15) is 12.8 Å². The molecule has 7 nitrogen and oxygen atoms in total. The second-order valence-corrected chi connectivity index (χ2v) is 5.34. The maximum atomic E-state index is 11.9. The van der Waals surface area contributed by atoms with Crippen LogP contribution in [0.2, 0.25) is 0 Å². The molecule has 0 bridgehead atoms. The molecule has 2 aromatic heterocycles. The van der Waals surface area contributed by atoms with Crippen LogP contribution < -0.4 is 10.6 Å². The van der Waals surface area contributed by atoms with Gasteiger partial charge < -0.3 is 15.7 Å². The fourth-order valence-corrected chi connectivity index (χ4v) is 2.09. The number of hydrogen-bond acceptors (Lipinski definition) is 4. The summed E-state index contributed by atoms with van der Waals surface area (Å²) < 4.78 is 0. The highest BCUT2D eigenvalue weighted by molar-refractivity contribution is 5.92. The van der Waals surface area contributed by atoms with Crippen molar-refractivity contribution in [2.75, 3.05) is 18.5 Å². The number of anilines is 1. The number of carbonyl (C=O) groups is 1. The van der Waals surface area contributed by atoms with Crippen LogP contribution in [0.5, 0.6) is 0 Å². The quantitative estimate of drug-likeness (QED) is 0.666. The van der Waals surface area contributed by atoms with Crippen LogP contribution in [-0.4, -0.2) is 39.5 Å². The number of aromatic amines is 1. The van der Waals surface area contributed by atoms with Crippen molar-refractivity contribution < 1.29 is 9.90 Å². The van der Waals surface area contributed by atoms with Crippen molar-refractivity contribution in [2.45, 2.75) is 12.8 Å². The monoisotopic (exact) mass is 287 g/mol. The predicted octanol–water partition coefficient (Wildman–Crippen LogP) is 1.37. The largest absolute Gasteiger partial charge is 0.396 e. The van der Waals surface area contributed by atoms with Gasteiger partial charge >= 0.3 is 6.03 Å². The standard InChI is InChI=1S/C14H17N5O2/c20-9-14(4-5-14)8-16-13(21)18-11-7-17-19-12(11)10-3-1-2-6-15-10/h1-3,6-7,20H,4-5,8-9H2,(H,17,19)(H2,16,18,21). The number of rotatable bonds is 5. The van der Waals surface area contributed by atoms with Crippen molar-refractivity contribution in [1.29, 1.82) is 0 Å². The number of aliphatic hydroxyl groups is 1. The van der Waals surface area contributed by atoms with Gasteiger partial charge in [-0.3, -0.25) is 10.1 Å². The average molecular weight is 287 g/mol. The Morgan fingerprint density at radius 3 is 2.95 bits per heavy atom. The van der Waals surface area contributed by atoms with Gasteiger partial charge in [-0.2, -0.15) is 5.10 Å². The minimum atomic E-state index is -0.312. The second kappa shape index (κ2) is 5.53. The van der Waals surface area contributed by atoms with Gasteiger partial charge in [-0.15, -0.1) is 0 Å². The highest BCUT2D eigenvalue weighted by Crippen LogP contribution is 2.44. The molecule has 2 aromatic rings. The van der Waals surface area contributed by atoms with Gasteiger partial charge in [0.25, 0.3) is 0 Å². The molecular formula is C14H17N5O2. The molecule has 0 saturated heterocycles. The van der Waals surface area contributed by atoms with E-state index in [1.807, 2.05) is 18.2 Å². The molecule has 1 fully saturated rings. The third-order valence-corrected chi connectivity index (χ3v) is 3.73. The molecule has 0 atom stereocenters. The first-order chi connectivity index (χ1) is 10.2. The minimum absolute atomic E-state index is 0.109. The first kappa shape index (κ1) is 13.6. The molecule has 1 saturated carbocycles. The second-order valence-electron chi connectivity index (χ2n) is 5.34. The maximum Gasteiger partial charge on any atom is 0.319 e. The molecular weight excluding hydrogens is 270 g/mol. The first-order valence-corrected chi connectivity index (χ1v) is 6.83. The van der Waals surface area contributed by atoms with Crippen molar-refractivity contribution in [2.24, 2.45) is 5.41 Å². The highest BCUT2D eigenvalue weighted by Gasteiger charge is 2.42. The number of carbonyl (C=O) groups excluding carboxylic acids is 1. The van der Waals surface area contributed by atoms with E-state index in [0.717, 1.165) is 12.8 Å². The van der Waals surface area contributed by atoms with Gasteiger partial charge in [-0.05, 0) is 25.0 Å². The zero-order valence-electron chi connectivity index (χ0n) is 11.5. The Hall–Kier alpha value is -2.41. The van der Waals surface area contributed by atoms with Crippen molar-refractivity contribution in [3.8, 4) is 11.4 Å². The van der Waals surface area contributed by atoms with Crippen LogP contribution in [0.3, 0.4) is 0 Å². The molecule has 3 rings (SSSR count). The molecule has 21 heavy (non-hydrogen) atoms. The SMILES string of the molecule is O=C(NCC1(CO)CC1)Nc1cn[nH]c1-c1ccccn1. The summed E-state index contributed by atoms with van der Waals surface area (Å²) in [5.41, 5.74) is 1.82. The fraction of sp³-hybridized carbons (Fsp3) is 0.357. The van der Waals surface area contributed by atoms with Crippen molar-refractivity contribution in [1.82, 2.24) is 20.5 Å². The maximum absolute atomic E-state index is 11.9. The lowest BCUT2D eigenvalue weighted by atomic mass is 10.1. The van der Waals surface area contributed by atoms with Crippen molar-refractivity contribution in [3.63, 3.8) is 0 Å². The van der Waals surface area contributed by atoms with Crippen LogP contribution in [0.15, 0.2) is 30.6 Å². The average Bonchev–Trinajstić information content (AvgIpc) is 3.17. The van der Waals surface area contributed by atoms with Crippen LogP contribution in [-0.2, 0) is 0 Å². The molecule has 4 N–H and O–H groups in total. The molecule has 0 spiro atoms. The van der Waals surface area contributed by atoms with E-state index in [4.69, 9.17) is 0 Å². The Bertz CT molecular complexity index is 621. The summed E-state index contributed by atoms with van der Waals surface area (Å²) in [6, 6.07) is 5.21. The van der Waals surface area contributed by atoms with Crippen molar-refractivity contribution in [3.05, 3.63) is 30.6 Å². The molecule has 0 aromatic carbocycles. The molecule has 1 aliphatic carbocycles. The summed E-state index contributed by atoms with van der Waals surface area (Å²) in [6.45, 7) is 0.588. The van der Waals surface area contributed by atoms with Gasteiger partial charge in [0.15, 0.2) is 0 Å². The molecule has 2 amide bonds. The number of amides is 2. The Labute approximate surface area is 121 Å². The summed E-state index contributed by atoms with van der Waals surface area (Å²) in [5.74, 6) is 0. The van der Waals surface area contributed by atoms with Crippen LogP contribution >= 0.6 is 0 Å². The van der Waals surface area contributed by atoms with E-state index in [1.54, 1.807) is 12.4 Å². The number of hydrogen-bond donors (Lipinski definition) is 4. The third-order valence-electron chi connectivity index (χ3n) is 3.73. The lowest BCUT2D eigenvalue weighted by Gasteiger charge is -2.13. The number of H-pyrrole nitrogens is 1. The van der Waals surface area contributed by atoms with Crippen LogP contribution in [0, 0.1) is 5.41 Å². The summed E-state index contributed by atoms with van der Waals surface area (Å²) in [4.78, 5) is 16.1. The van der Waals surface area contributed by atoms with E-state index >= 15 is 0 Å². The Morgan fingerprint density at radius 1 is 1.43 bits per heavy atom. The molecule has 0 unspecified atom stereocenters. The van der Waals surface area contributed by atoms with E-state index in [0.29, 0.717) is 23.6 Å². The predicted molar refractivity (Wildman–Crippen MR) is 77.6 cm³/mol. The molecule has 1 aliphatic rings.